The molecular formula is C10H9F3O2S. The second-order valence-electron chi connectivity index (χ2n) is 3.84. The van der Waals surface area contributed by atoms with E-state index >= 15 is 0 Å². The number of sulfone groups is 1. The summed E-state index contributed by atoms with van der Waals surface area (Å²) in [7, 11) is -3.51. The second kappa shape index (κ2) is 3.23. The third-order valence-electron chi connectivity index (χ3n) is 2.69. The minimum Gasteiger partial charge on any atom is -0.224 e. The number of hydrogen-bond donors (Lipinski definition) is 0. The summed E-state index contributed by atoms with van der Waals surface area (Å²) in [4.78, 5) is -0.162. The van der Waals surface area contributed by atoms with Gasteiger partial charge in [0.25, 0.3) is 0 Å². The van der Waals surface area contributed by atoms with Crippen molar-refractivity contribution in [1.82, 2.24) is 0 Å². The lowest BCUT2D eigenvalue weighted by Crippen LogP contribution is -2.09. The molecule has 0 saturated heterocycles. The highest BCUT2D eigenvalue weighted by Gasteiger charge is 2.36. The van der Waals surface area contributed by atoms with Crippen LogP contribution in [0.1, 0.15) is 16.7 Å². The number of fused-ring (bicyclic) bond motifs is 1. The van der Waals surface area contributed by atoms with Crippen molar-refractivity contribution in [3.05, 3.63) is 28.8 Å². The Bertz CT molecular complexity index is 544. The third-order valence-corrected chi connectivity index (χ3v) is 4.48. The Balaban J connectivity index is 2.70. The molecule has 1 aromatic carbocycles. The molecule has 0 radical (unpaired) electrons. The first-order chi connectivity index (χ1) is 7.22. The summed E-state index contributed by atoms with van der Waals surface area (Å²) in [5, 5.41) is 0. The molecule has 0 bridgehead atoms. The van der Waals surface area contributed by atoms with Crippen LogP contribution in [0.2, 0.25) is 0 Å². The monoisotopic (exact) mass is 250 g/mol. The molecule has 1 heterocycles. The molecule has 88 valence electrons. The van der Waals surface area contributed by atoms with Gasteiger partial charge in [0.1, 0.15) is 0 Å². The summed E-state index contributed by atoms with van der Waals surface area (Å²) in [6, 6.07) is 2.08. The predicted molar refractivity (Wildman–Crippen MR) is 51.9 cm³/mol. The van der Waals surface area contributed by atoms with Crippen molar-refractivity contribution in [2.75, 3.05) is 5.75 Å². The smallest absolute Gasteiger partial charge is 0.224 e. The van der Waals surface area contributed by atoms with Gasteiger partial charge in [-0.05, 0) is 30.5 Å². The molecule has 0 atom stereocenters. The summed E-state index contributed by atoms with van der Waals surface area (Å²) >= 11 is 0. The lowest BCUT2D eigenvalue weighted by molar-refractivity contribution is -0.138. The maximum Gasteiger partial charge on any atom is 0.416 e. The van der Waals surface area contributed by atoms with Gasteiger partial charge < -0.3 is 0 Å². The summed E-state index contributed by atoms with van der Waals surface area (Å²) in [5.74, 6) is -0.0942. The number of hydrogen-bond acceptors (Lipinski definition) is 2. The van der Waals surface area contributed by atoms with Crippen LogP contribution < -0.4 is 0 Å². The zero-order valence-electron chi connectivity index (χ0n) is 8.43. The SMILES string of the molecule is Cc1cc2c(cc1C(F)(F)F)S(=O)(=O)CC2. The fourth-order valence-corrected chi connectivity index (χ4v) is 3.46. The number of benzene rings is 1. The molecule has 2 nitrogen and oxygen atoms in total. The van der Waals surface area contributed by atoms with Gasteiger partial charge >= 0.3 is 6.18 Å². The second-order valence-corrected chi connectivity index (χ2v) is 5.92. The van der Waals surface area contributed by atoms with Gasteiger partial charge in [0.05, 0.1) is 16.2 Å². The molecule has 0 aliphatic carbocycles. The Morgan fingerprint density at radius 3 is 2.44 bits per heavy atom. The van der Waals surface area contributed by atoms with E-state index in [-0.39, 0.29) is 16.2 Å². The van der Waals surface area contributed by atoms with Gasteiger partial charge in [-0.3, -0.25) is 0 Å². The zero-order valence-corrected chi connectivity index (χ0v) is 9.24. The van der Waals surface area contributed by atoms with Crippen LogP contribution in [-0.4, -0.2) is 14.2 Å². The molecule has 2 rings (SSSR count). The Kier molecular flexibility index (Phi) is 2.31. The van der Waals surface area contributed by atoms with Crippen molar-refractivity contribution in [3.63, 3.8) is 0 Å². The van der Waals surface area contributed by atoms with Gasteiger partial charge in [0.2, 0.25) is 0 Å². The Labute approximate surface area is 91.0 Å². The maximum absolute atomic E-state index is 12.6. The van der Waals surface area contributed by atoms with Crippen LogP contribution in [0.25, 0.3) is 0 Å². The molecule has 0 saturated carbocycles. The van der Waals surface area contributed by atoms with Gasteiger partial charge in [-0.1, -0.05) is 6.07 Å². The molecule has 1 aliphatic heterocycles. The molecular weight excluding hydrogens is 241 g/mol. The van der Waals surface area contributed by atoms with Crippen molar-refractivity contribution in [2.24, 2.45) is 0 Å². The van der Waals surface area contributed by atoms with Crippen molar-refractivity contribution in [3.8, 4) is 0 Å². The van der Waals surface area contributed by atoms with E-state index in [0.29, 0.717) is 12.0 Å². The minimum atomic E-state index is -4.50. The van der Waals surface area contributed by atoms with E-state index < -0.39 is 21.6 Å². The molecule has 6 heteroatoms. The van der Waals surface area contributed by atoms with Crippen molar-refractivity contribution in [2.45, 2.75) is 24.4 Å². The number of rotatable bonds is 0. The number of aryl methyl sites for hydroxylation is 2. The molecule has 0 unspecified atom stereocenters. The predicted octanol–water partition coefficient (Wildman–Crippen LogP) is 2.34. The van der Waals surface area contributed by atoms with Crippen LogP contribution in [0, 0.1) is 6.92 Å². The van der Waals surface area contributed by atoms with Gasteiger partial charge in [-0.15, -0.1) is 0 Å². The first-order valence-electron chi connectivity index (χ1n) is 4.65. The van der Waals surface area contributed by atoms with Crippen molar-refractivity contribution < 1.29 is 21.6 Å². The van der Waals surface area contributed by atoms with Crippen molar-refractivity contribution in [1.29, 1.82) is 0 Å². The topological polar surface area (TPSA) is 34.1 Å². The van der Waals surface area contributed by atoms with Gasteiger partial charge in [-0.2, -0.15) is 13.2 Å². The van der Waals surface area contributed by atoms with E-state index in [2.05, 4.69) is 0 Å². The Morgan fingerprint density at radius 1 is 1.25 bits per heavy atom. The average Bonchev–Trinajstić information content (AvgIpc) is 2.39. The van der Waals surface area contributed by atoms with Gasteiger partial charge in [-0.25, -0.2) is 8.42 Å². The first-order valence-corrected chi connectivity index (χ1v) is 6.30. The standard InChI is InChI=1S/C10H9F3O2S/c1-6-4-7-2-3-16(14,15)9(7)5-8(6)10(11,12)13/h4-5H,2-3H2,1H3. The lowest BCUT2D eigenvalue weighted by atomic mass is 10.0. The highest BCUT2D eigenvalue weighted by atomic mass is 32.2. The van der Waals surface area contributed by atoms with Crippen LogP contribution in [0.3, 0.4) is 0 Å². The van der Waals surface area contributed by atoms with Crippen LogP contribution in [0.5, 0.6) is 0 Å². The van der Waals surface area contributed by atoms with E-state index in [9.17, 15) is 21.6 Å². The highest BCUT2D eigenvalue weighted by molar-refractivity contribution is 7.91. The summed E-state index contributed by atoms with van der Waals surface area (Å²) in [5.41, 5.74) is -0.300. The largest absolute Gasteiger partial charge is 0.416 e. The van der Waals surface area contributed by atoms with Crippen molar-refractivity contribution >= 4 is 9.84 Å². The molecule has 0 aromatic heterocycles. The van der Waals surface area contributed by atoms with Crippen LogP contribution >= 0.6 is 0 Å². The van der Waals surface area contributed by atoms with Crippen LogP contribution in [0.15, 0.2) is 17.0 Å². The Hall–Kier alpha value is -1.04. The van der Waals surface area contributed by atoms with E-state index in [0.717, 1.165) is 6.07 Å². The zero-order chi connectivity index (χ0) is 12.1. The Morgan fingerprint density at radius 2 is 1.88 bits per heavy atom. The first kappa shape index (κ1) is 11.4. The van der Waals surface area contributed by atoms with E-state index in [1.807, 2.05) is 0 Å². The maximum atomic E-state index is 12.6. The molecule has 0 N–H and O–H groups in total. The summed E-state index contributed by atoms with van der Waals surface area (Å²) < 4.78 is 60.7. The summed E-state index contributed by atoms with van der Waals surface area (Å²) in [6.07, 6.45) is -4.20. The normalized spacial score (nSPS) is 18.5. The number of halogens is 3. The van der Waals surface area contributed by atoms with Gasteiger partial charge in [0.15, 0.2) is 9.84 Å². The highest BCUT2D eigenvalue weighted by Crippen LogP contribution is 2.37. The molecule has 1 aromatic rings. The van der Waals surface area contributed by atoms with Gasteiger partial charge in [0, 0.05) is 0 Å². The molecule has 0 amide bonds. The summed E-state index contributed by atoms with van der Waals surface area (Å²) in [6.45, 7) is 1.34. The third kappa shape index (κ3) is 1.71. The molecule has 16 heavy (non-hydrogen) atoms. The van der Waals surface area contributed by atoms with E-state index in [1.165, 1.54) is 13.0 Å². The van der Waals surface area contributed by atoms with E-state index in [4.69, 9.17) is 0 Å². The fourth-order valence-electron chi connectivity index (χ4n) is 1.89. The number of alkyl halides is 3. The average molecular weight is 250 g/mol. The molecule has 0 fully saturated rings. The van der Waals surface area contributed by atoms with E-state index in [1.54, 1.807) is 0 Å². The molecule has 1 aliphatic rings. The fraction of sp³-hybridized carbons (Fsp3) is 0.400. The van der Waals surface area contributed by atoms with Crippen LogP contribution in [-0.2, 0) is 22.4 Å². The minimum absolute atomic E-state index is 0.0725. The quantitative estimate of drug-likeness (QED) is 0.708. The van der Waals surface area contributed by atoms with Crippen LogP contribution in [0.4, 0.5) is 13.2 Å². The lowest BCUT2D eigenvalue weighted by Gasteiger charge is -2.11. The molecule has 0 spiro atoms.